The Morgan fingerprint density at radius 3 is 2.32 bits per heavy atom. The Kier molecular flexibility index (Phi) is 4.34. The van der Waals surface area contributed by atoms with Crippen molar-refractivity contribution in [1.82, 2.24) is 4.72 Å². The average molecular weight is 318 g/mol. The first-order chi connectivity index (χ1) is 10.6. The van der Waals surface area contributed by atoms with E-state index in [9.17, 15) is 8.42 Å². The summed E-state index contributed by atoms with van der Waals surface area (Å²) in [5.41, 5.74) is 1.45. The summed E-state index contributed by atoms with van der Waals surface area (Å²) in [6, 6.07) is 9.48. The molecule has 1 heterocycles. The van der Waals surface area contributed by atoms with Gasteiger partial charge in [0.2, 0.25) is 0 Å². The molecule has 1 saturated carbocycles. The lowest BCUT2D eigenvalue weighted by atomic mass is 10.1. The molecule has 0 amide bonds. The maximum atomic E-state index is 12.4. The maximum absolute atomic E-state index is 12.4. The molecule has 0 aromatic heterocycles. The van der Waals surface area contributed by atoms with Crippen LogP contribution in [0.2, 0.25) is 0 Å². The summed E-state index contributed by atoms with van der Waals surface area (Å²) in [5.74, 6) is 0.533. The summed E-state index contributed by atoms with van der Waals surface area (Å²) in [6.45, 7) is 1.84. The highest BCUT2D eigenvalue weighted by atomic mass is 32.2. The van der Waals surface area contributed by atoms with Crippen molar-refractivity contribution in [2.24, 2.45) is 4.99 Å². The van der Waals surface area contributed by atoms with Gasteiger partial charge in [-0.1, -0.05) is 56.0 Å². The Morgan fingerprint density at radius 1 is 1.05 bits per heavy atom. The Morgan fingerprint density at radius 2 is 1.68 bits per heavy atom. The number of aliphatic imine (C=N–C) groups is 1. The Balaban J connectivity index is 1.96. The number of amidine groups is 1. The topological polar surface area (TPSA) is 58.5 Å². The molecule has 0 spiro atoms. The molecular formula is C17H22N2O2S. The molecule has 1 aromatic rings. The third-order valence-electron chi connectivity index (χ3n) is 4.37. The van der Waals surface area contributed by atoms with Crippen LogP contribution in [0.5, 0.6) is 0 Å². The number of rotatable bonds is 2. The second-order valence-electron chi connectivity index (χ2n) is 6.05. The molecule has 2 aliphatic rings. The van der Waals surface area contributed by atoms with Crippen LogP contribution < -0.4 is 4.72 Å². The highest BCUT2D eigenvalue weighted by Crippen LogP contribution is 2.30. The molecule has 5 heteroatoms. The van der Waals surface area contributed by atoms with Crippen LogP contribution >= 0.6 is 0 Å². The second kappa shape index (κ2) is 6.24. The van der Waals surface area contributed by atoms with Crippen LogP contribution in [0, 0.1) is 0 Å². The van der Waals surface area contributed by atoms with Crippen LogP contribution in [0.25, 0.3) is 4.91 Å². The smallest absolute Gasteiger partial charge is 0.264 e. The van der Waals surface area contributed by atoms with Crippen molar-refractivity contribution in [3.63, 3.8) is 0 Å². The van der Waals surface area contributed by atoms with Gasteiger partial charge >= 0.3 is 0 Å². The lowest BCUT2D eigenvalue weighted by Gasteiger charge is -2.10. The molecule has 1 fully saturated rings. The summed E-state index contributed by atoms with van der Waals surface area (Å²) in [7, 11) is -3.50. The molecule has 1 aromatic carbocycles. The molecule has 1 aliphatic carbocycles. The minimum absolute atomic E-state index is 0.241. The van der Waals surface area contributed by atoms with Gasteiger partial charge in [0.25, 0.3) is 10.0 Å². The van der Waals surface area contributed by atoms with Gasteiger partial charge in [0.1, 0.15) is 10.7 Å². The van der Waals surface area contributed by atoms with Gasteiger partial charge in [-0.05, 0) is 25.3 Å². The Labute approximate surface area is 132 Å². The molecule has 1 N–H and O–H groups in total. The largest absolute Gasteiger partial charge is 0.264 e. The van der Waals surface area contributed by atoms with E-state index in [1.165, 1.54) is 25.7 Å². The van der Waals surface area contributed by atoms with Gasteiger partial charge in [-0.25, -0.2) is 8.42 Å². The quantitative estimate of drug-likeness (QED) is 0.849. The minimum atomic E-state index is -3.50. The number of hydrogen-bond donors (Lipinski definition) is 1. The lowest BCUT2D eigenvalue weighted by Crippen LogP contribution is -2.25. The van der Waals surface area contributed by atoms with E-state index in [0.717, 1.165) is 24.0 Å². The van der Waals surface area contributed by atoms with E-state index >= 15 is 0 Å². The SMILES string of the molecule is CC1=C(c2ccccc2)S(=O)(=O)NC1=NC1CCCCCC1. The van der Waals surface area contributed by atoms with E-state index in [1.54, 1.807) is 0 Å². The monoisotopic (exact) mass is 318 g/mol. The number of benzene rings is 1. The van der Waals surface area contributed by atoms with Crippen LogP contribution in [0.4, 0.5) is 0 Å². The Bertz CT molecular complexity index is 697. The molecule has 4 nitrogen and oxygen atoms in total. The van der Waals surface area contributed by atoms with Crippen LogP contribution in [0.3, 0.4) is 0 Å². The van der Waals surface area contributed by atoms with Crippen LogP contribution in [-0.4, -0.2) is 20.3 Å². The fourth-order valence-electron chi connectivity index (χ4n) is 3.22. The maximum Gasteiger partial charge on any atom is 0.264 e. The average Bonchev–Trinajstić information content (AvgIpc) is 2.67. The summed E-state index contributed by atoms with van der Waals surface area (Å²) in [4.78, 5) is 5.08. The van der Waals surface area contributed by atoms with Crippen molar-refractivity contribution < 1.29 is 8.42 Å². The second-order valence-corrected chi connectivity index (χ2v) is 7.67. The van der Waals surface area contributed by atoms with Crippen LogP contribution in [0.1, 0.15) is 51.0 Å². The lowest BCUT2D eigenvalue weighted by molar-refractivity contribution is 0.583. The van der Waals surface area contributed by atoms with Gasteiger partial charge in [-0.15, -0.1) is 0 Å². The van der Waals surface area contributed by atoms with E-state index < -0.39 is 10.0 Å². The van der Waals surface area contributed by atoms with E-state index in [-0.39, 0.29) is 6.04 Å². The predicted octanol–water partition coefficient (Wildman–Crippen LogP) is 3.47. The Hall–Kier alpha value is -1.62. The van der Waals surface area contributed by atoms with Crippen LogP contribution in [0.15, 0.2) is 40.9 Å². The van der Waals surface area contributed by atoms with E-state index in [4.69, 9.17) is 4.99 Å². The van der Waals surface area contributed by atoms with E-state index in [0.29, 0.717) is 10.7 Å². The van der Waals surface area contributed by atoms with Crippen molar-refractivity contribution in [1.29, 1.82) is 0 Å². The van der Waals surface area contributed by atoms with Crippen molar-refractivity contribution in [2.75, 3.05) is 0 Å². The zero-order valence-electron chi connectivity index (χ0n) is 12.9. The first kappa shape index (κ1) is 15.3. The molecule has 22 heavy (non-hydrogen) atoms. The molecule has 0 atom stereocenters. The fourth-order valence-corrected chi connectivity index (χ4v) is 4.73. The summed E-state index contributed by atoms with van der Waals surface area (Å²) < 4.78 is 27.5. The zero-order valence-corrected chi connectivity index (χ0v) is 13.7. The third-order valence-corrected chi connectivity index (χ3v) is 5.91. The molecule has 3 rings (SSSR count). The van der Waals surface area contributed by atoms with Gasteiger partial charge in [0.05, 0.1) is 6.04 Å². The minimum Gasteiger partial charge on any atom is -0.264 e. The zero-order chi connectivity index (χ0) is 15.6. The number of sulfonamides is 1. The number of hydrogen-bond acceptors (Lipinski definition) is 3. The first-order valence-electron chi connectivity index (χ1n) is 7.95. The molecule has 118 valence electrons. The third kappa shape index (κ3) is 3.09. The predicted molar refractivity (Wildman–Crippen MR) is 90.0 cm³/mol. The molecule has 0 radical (unpaired) electrons. The van der Waals surface area contributed by atoms with Crippen molar-refractivity contribution in [2.45, 2.75) is 51.5 Å². The molecule has 0 saturated heterocycles. The first-order valence-corrected chi connectivity index (χ1v) is 9.43. The van der Waals surface area contributed by atoms with Gasteiger partial charge in [-0.3, -0.25) is 9.71 Å². The molecule has 1 aliphatic heterocycles. The van der Waals surface area contributed by atoms with Gasteiger partial charge in [0.15, 0.2) is 0 Å². The number of nitrogens with zero attached hydrogens (tertiary/aromatic N) is 1. The highest BCUT2D eigenvalue weighted by molar-refractivity contribution is 8.00. The normalized spacial score (nSPS) is 24.3. The number of nitrogens with one attached hydrogen (secondary N) is 1. The summed E-state index contributed by atoms with van der Waals surface area (Å²) >= 11 is 0. The van der Waals surface area contributed by atoms with Gasteiger partial charge < -0.3 is 0 Å². The van der Waals surface area contributed by atoms with Crippen molar-refractivity contribution in [3.8, 4) is 0 Å². The van der Waals surface area contributed by atoms with E-state index in [2.05, 4.69) is 4.72 Å². The summed E-state index contributed by atoms with van der Waals surface area (Å²) in [6.07, 6.45) is 7.00. The van der Waals surface area contributed by atoms with Crippen LogP contribution in [-0.2, 0) is 10.0 Å². The van der Waals surface area contributed by atoms with Crippen molar-refractivity contribution in [3.05, 3.63) is 41.5 Å². The summed E-state index contributed by atoms with van der Waals surface area (Å²) in [5, 5.41) is 0. The van der Waals surface area contributed by atoms with Gasteiger partial charge in [0, 0.05) is 5.57 Å². The molecule has 0 bridgehead atoms. The standard InChI is InChI=1S/C17H22N2O2S/c1-13-16(14-9-5-4-6-10-14)22(20,21)19-17(13)18-15-11-7-2-3-8-12-15/h4-6,9-10,15H,2-3,7-8,11-12H2,1H3,(H,18,19). The highest BCUT2D eigenvalue weighted by Gasteiger charge is 2.33. The molecular weight excluding hydrogens is 296 g/mol. The van der Waals surface area contributed by atoms with Gasteiger partial charge in [-0.2, -0.15) is 0 Å². The fraction of sp³-hybridized carbons (Fsp3) is 0.471. The van der Waals surface area contributed by atoms with E-state index in [1.807, 2.05) is 37.3 Å². The molecule has 0 unspecified atom stereocenters. The van der Waals surface area contributed by atoms with Crippen molar-refractivity contribution >= 4 is 20.8 Å².